The molecule has 0 amide bonds. The summed E-state index contributed by atoms with van der Waals surface area (Å²) in [5, 5.41) is 19.3. The van der Waals surface area contributed by atoms with Crippen molar-refractivity contribution in [1.82, 2.24) is 0 Å². The maximum absolute atomic E-state index is 12.5. The lowest BCUT2D eigenvalue weighted by molar-refractivity contribution is -0.137. The first kappa shape index (κ1) is 22.1. The Kier molecular flexibility index (Phi) is 8.08. The summed E-state index contributed by atoms with van der Waals surface area (Å²) in [4.78, 5) is 23.1. The first-order valence-corrected chi connectivity index (χ1v) is 10.7. The van der Waals surface area contributed by atoms with E-state index in [1.165, 1.54) is 0 Å². The zero-order valence-corrected chi connectivity index (χ0v) is 17.2. The van der Waals surface area contributed by atoms with Crippen molar-refractivity contribution >= 4 is 11.8 Å². The molecule has 2 aliphatic rings. The number of Topliss-reactive ketones (excluding diaryl/α,β-unsaturated/α-hetero) is 1. The van der Waals surface area contributed by atoms with E-state index in [1.807, 2.05) is 36.4 Å². The van der Waals surface area contributed by atoms with Crippen LogP contribution < -0.4 is 0 Å². The van der Waals surface area contributed by atoms with Gasteiger partial charge in [-0.3, -0.25) is 9.59 Å². The molecule has 30 heavy (non-hydrogen) atoms. The number of rotatable bonds is 11. The minimum Gasteiger partial charge on any atom is -0.481 e. The molecule has 0 saturated heterocycles. The van der Waals surface area contributed by atoms with Crippen molar-refractivity contribution in [3.8, 4) is 0 Å². The second-order valence-electron chi connectivity index (χ2n) is 8.03. The van der Waals surface area contributed by atoms with Gasteiger partial charge in [-0.15, -0.1) is 0 Å². The van der Waals surface area contributed by atoms with Crippen LogP contribution in [0.15, 0.2) is 54.0 Å². The van der Waals surface area contributed by atoms with E-state index in [9.17, 15) is 14.7 Å². The molecular formula is C24H30O6. The fraction of sp³-hybridized carbons (Fsp3) is 0.500. The van der Waals surface area contributed by atoms with Gasteiger partial charge in [-0.1, -0.05) is 55.7 Å². The van der Waals surface area contributed by atoms with E-state index in [0.29, 0.717) is 25.0 Å². The summed E-state index contributed by atoms with van der Waals surface area (Å²) < 4.78 is 10.8. The summed E-state index contributed by atoms with van der Waals surface area (Å²) in [7, 11) is 0. The molecule has 0 bridgehead atoms. The second-order valence-corrected chi connectivity index (χ2v) is 8.03. The van der Waals surface area contributed by atoms with Crippen molar-refractivity contribution in [2.24, 2.45) is 11.8 Å². The van der Waals surface area contributed by atoms with Gasteiger partial charge in [-0.2, -0.15) is 0 Å². The summed E-state index contributed by atoms with van der Waals surface area (Å²) in [5.41, 5.74) is 2.04. The summed E-state index contributed by atoms with van der Waals surface area (Å²) in [6.45, 7) is 0.174. The van der Waals surface area contributed by atoms with Crippen molar-refractivity contribution in [1.29, 1.82) is 0 Å². The molecule has 162 valence electrons. The van der Waals surface area contributed by atoms with Crippen molar-refractivity contribution in [2.45, 2.75) is 57.5 Å². The number of carbonyl (C=O) groups excluding carboxylic acids is 1. The van der Waals surface area contributed by atoms with Gasteiger partial charge in [-0.25, -0.2) is 0 Å². The Bertz CT molecular complexity index is 782. The highest BCUT2D eigenvalue weighted by Crippen LogP contribution is 2.36. The molecule has 2 N–H and O–H groups in total. The number of ether oxygens (including phenoxy) is 2. The third-order valence-electron chi connectivity index (χ3n) is 5.81. The molecule has 6 heteroatoms. The number of hydrogen-bond acceptors (Lipinski definition) is 5. The highest BCUT2D eigenvalue weighted by Gasteiger charge is 2.40. The number of benzene rings is 1. The van der Waals surface area contributed by atoms with Crippen LogP contribution >= 0.6 is 0 Å². The lowest BCUT2D eigenvalue weighted by Gasteiger charge is -2.20. The Hall–Kier alpha value is -2.60. The highest BCUT2D eigenvalue weighted by atomic mass is 16.7. The molecule has 1 aromatic rings. The van der Waals surface area contributed by atoms with Crippen molar-refractivity contribution < 1.29 is 29.3 Å². The van der Waals surface area contributed by atoms with Crippen LogP contribution in [-0.4, -0.2) is 34.9 Å². The second kappa shape index (κ2) is 11.0. The van der Waals surface area contributed by atoms with E-state index < -0.39 is 12.1 Å². The zero-order chi connectivity index (χ0) is 21.3. The average molecular weight is 414 g/mol. The van der Waals surface area contributed by atoms with E-state index in [2.05, 4.69) is 0 Å². The van der Waals surface area contributed by atoms with Gasteiger partial charge >= 0.3 is 5.97 Å². The van der Waals surface area contributed by atoms with E-state index in [-0.39, 0.29) is 37.3 Å². The Labute approximate surface area is 177 Å². The SMILES string of the molecule is O=C(O)CCCCCCC1C(=O)CC(O)C1/C=C(\Cc1ccccc1)C1=COCO1. The number of unbranched alkanes of at least 4 members (excludes halogenated alkanes) is 3. The largest absolute Gasteiger partial charge is 0.481 e. The summed E-state index contributed by atoms with van der Waals surface area (Å²) in [6, 6.07) is 10.0. The van der Waals surface area contributed by atoms with E-state index in [4.69, 9.17) is 14.6 Å². The number of carboxylic acid groups (broad SMARTS) is 1. The number of aliphatic hydroxyl groups is 1. The van der Waals surface area contributed by atoms with Crippen LogP contribution in [-0.2, 0) is 25.5 Å². The van der Waals surface area contributed by atoms with Gasteiger partial charge in [0.05, 0.1) is 6.10 Å². The predicted molar refractivity (Wildman–Crippen MR) is 111 cm³/mol. The fourth-order valence-electron chi connectivity index (χ4n) is 4.24. The number of hydrogen-bond donors (Lipinski definition) is 2. The molecule has 1 aromatic carbocycles. The molecule has 0 spiro atoms. The maximum atomic E-state index is 12.5. The standard InChI is InChI=1S/C24H30O6/c25-21-14-22(26)20(19(21)10-6-1-2-7-11-24(27)28)13-18(23-15-29-16-30-23)12-17-8-4-3-5-9-17/h3-5,8-9,13,15,19-20,22,26H,1-2,6-7,10-12,14,16H2,(H,27,28)/b18-13+. The molecule has 3 atom stereocenters. The van der Waals surface area contributed by atoms with Gasteiger partial charge in [0.1, 0.15) is 12.0 Å². The molecule has 3 rings (SSSR count). The Morgan fingerprint density at radius 1 is 1.13 bits per heavy atom. The quantitative estimate of drug-likeness (QED) is 0.532. The molecule has 1 fully saturated rings. The summed E-state index contributed by atoms with van der Waals surface area (Å²) in [6.07, 6.45) is 7.85. The molecule has 3 unspecified atom stereocenters. The lowest BCUT2D eigenvalue weighted by atomic mass is 9.86. The Balaban J connectivity index is 1.67. The molecule has 0 aromatic heterocycles. The van der Waals surface area contributed by atoms with Crippen molar-refractivity contribution in [2.75, 3.05) is 6.79 Å². The number of ketones is 1. The van der Waals surface area contributed by atoms with Crippen LogP contribution in [0.25, 0.3) is 0 Å². The van der Waals surface area contributed by atoms with Gasteiger partial charge in [0.25, 0.3) is 0 Å². The van der Waals surface area contributed by atoms with Crippen LogP contribution in [0, 0.1) is 11.8 Å². The van der Waals surface area contributed by atoms with Gasteiger partial charge in [0.15, 0.2) is 5.76 Å². The van der Waals surface area contributed by atoms with E-state index in [0.717, 1.165) is 30.4 Å². The minimum absolute atomic E-state index is 0.103. The van der Waals surface area contributed by atoms with Crippen LogP contribution in [0.3, 0.4) is 0 Å². The van der Waals surface area contributed by atoms with Crippen molar-refractivity contribution in [3.05, 3.63) is 59.6 Å². The van der Waals surface area contributed by atoms with Gasteiger partial charge in [0.2, 0.25) is 6.79 Å². The number of carboxylic acids is 1. The predicted octanol–water partition coefficient (Wildman–Crippen LogP) is 3.99. The average Bonchev–Trinajstić information content (AvgIpc) is 3.34. The molecule has 6 nitrogen and oxygen atoms in total. The topological polar surface area (TPSA) is 93.1 Å². The van der Waals surface area contributed by atoms with Crippen LogP contribution in [0.4, 0.5) is 0 Å². The summed E-state index contributed by atoms with van der Waals surface area (Å²) >= 11 is 0. The number of carbonyl (C=O) groups is 2. The monoisotopic (exact) mass is 414 g/mol. The van der Waals surface area contributed by atoms with E-state index >= 15 is 0 Å². The molecule has 1 aliphatic carbocycles. The van der Waals surface area contributed by atoms with Crippen molar-refractivity contribution in [3.63, 3.8) is 0 Å². The smallest absolute Gasteiger partial charge is 0.303 e. The fourth-order valence-corrected chi connectivity index (χ4v) is 4.24. The maximum Gasteiger partial charge on any atom is 0.303 e. The number of aliphatic carboxylic acids is 1. The molecule has 1 aliphatic heterocycles. The third kappa shape index (κ3) is 6.20. The molecular weight excluding hydrogens is 384 g/mol. The molecule has 1 heterocycles. The first-order valence-electron chi connectivity index (χ1n) is 10.7. The zero-order valence-electron chi connectivity index (χ0n) is 17.2. The van der Waals surface area contributed by atoms with Gasteiger partial charge in [-0.05, 0) is 24.0 Å². The van der Waals surface area contributed by atoms with E-state index in [1.54, 1.807) is 6.26 Å². The van der Waals surface area contributed by atoms with Crippen LogP contribution in [0.2, 0.25) is 0 Å². The highest BCUT2D eigenvalue weighted by molar-refractivity contribution is 5.84. The Morgan fingerprint density at radius 2 is 1.90 bits per heavy atom. The number of aliphatic hydroxyl groups excluding tert-OH is 1. The normalized spacial score (nSPS) is 23.8. The van der Waals surface area contributed by atoms with Gasteiger partial charge < -0.3 is 19.7 Å². The molecule has 0 radical (unpaired) electrons. The molecule has 1 saturated carbocycles. The lowest BCUT2D eigenvalue weighted by Crippen LogP contribution is -2.20. The third-order valence-corrected chi connectivity index (χ3v) is 5.81. The van der Waals surface area contributed by atoms with Crippen LogP contribution in [0.1, 0.15) is 50.5 Å². The first-order chi connectivity index (χ1) is 14.5. The van der Waals surface area contributed by atoms with Gasteiger partial charge in [0, 0.05) is 31.1 Å². The number of allylic oxidation sites excluding steroid dienone is 1. The van der Waals surface area contributed by atoms with Crippen LogP contribution in [0.5, 0.6) is 0 Å². The minimum atomic E-state index is -0.771. The summed E-state index contributed by atoms with van der Waals surface area (Å²) in [5.74, 6) is -0.482. The Morgan fingerprint density at radius 3 is 2.60 bits per heavy atom.